The molecule has 2 aliphatic rings. The van der Waals surface area contributed by atoms with Crippen LogP contribution in [0, 0.1) is 5.92 Å². The van der Waals surface area contributed by atoms with E-state index < -0.39 is 0 Å². The predicted molar refractivity (Wildman–Crippen MR) is 68.1 cm³/mol. The molecule has 2 atom stereocenters. The molecule has 4 heteroatoms. The first-order valence-electron chi connectivity index (χ1n) is 7.15. The van der Waals surface area contributed by atoms with Gasteiger partial charge < -0.3 is 14.8 Å². The number of hydrogen-bond donors (Lipinski definition) is 2. The van der Waals surface area contributed by atoms with Crippen molar-refractivity contribution in [1.82, 2.24) is 10.3 Å². The van der Waals surface area contributed by atoms with Crippen LogP contribution in [0.4, 0.5) is 0 Å². The van der Waals surface area contributed by atoms with Crippen molar-refractivity contribution in [2.75, 3.05) is 6.61 Å². The number of oxazole rings is 1. The largest absolute Gasteiger partial charge is 0.444 e. The van der Waals surface area contributed by atoms with Crippen LogP contribution in [0.3, 0.4) is 0 Å². The first-order chi connectivity index (χ1) is 8.86. The minimum Gasteiger partial charge on any atom is -0.444 e. The lowest BCUT2D eigenvalue weighted by molar-refractivity contribution is 0.240. The number of nitrogens with one attached hydrogen (secondary N) is 1. The maximum absolute atomic E-state index is 9.04. The maximum atomic E-state index is 9.04. The Hall–Kier alpha value is -0.870. The molecule has 1 heterocycles. The van der Waals surface area contributed by atoms with E-state index in [1.807, 2.05) is 6.20 Å². The summed E-state index contributed by atoms with van der Waals surface area (Å²) in [4.78, 5) is 4.33. The Bertz CT molecular complexity index is 387. The highest BCUT2D eigenvalue weighted by Gasteiger charge is 2.28. The Kier molecular flexibility index (Phi) is 3.66. The van der Waals surface area contributed by atoms with Crippen LogP contribution in [0.5, 0.6) is 0 Å². The molecule has 100 valence electrons. The minimum atomic E-state index is 0.299. The van der Waals surface area contributed by atoms with Gasteiger partial charge in [0.25, 0.3) is 0 Å². The van der Waals surface area contributed by atoms with E-state index >= 15 is 0 Å². The third-order valence-corrected chi connectivity index (χ3v) is 4.23. The highest BCUT2D eigenvalue weighted by Crippen LogP contribution is 2.40. The van der Waals surface area contributed by atoms with Gasteiger partial charge in [-0.25, -0.2) is 4.98 Å². The van der Waals surface area contributed by atoms with E-state index in [9.17, 15) is 0 Å². The van der Waals surface area contributed by atoms with E-state index in [-0.39, 0.29) is 0 Å². The van der Waals surface area contributed by atoms with Gasteiger partial charge in [-0.1, -0.05) is 6.42 Å². The smallest absolute Gasteiger partial charge is 0.208 e. The van der Waals surface area contributed by atoms with Crippen molar-refractivity contribution >= 4 is 0 Å². The third kappa shape index (κ3) is 2.75. The van der Waals surface area contributed by atoms with Crippen molar-refractivity contribution in [3.8, 4) is 0 Å². The van der Waals surface area contributed by atoms with Crippen LogP contribution < -0.4 is 5.32 Å². The number of aliphatic hydroxyl groups excluding tert-OH is 1. The Balaban J connectivity index is 1.50. The summed E-state index contributed by atoms with van der Waals surface area (Å²) in [5.41, 5.74) is 0. The normalized spacial score (nSPS) is 27.8. The standard InChI is InChI=1S/C14H22N2O2/c17-7-6-10-2-1-3-12(10)15-9-14-16-8-13(18-14)11-4-5-11/h8,10-12,15,17H,1-7,9H2. The Labute approximate surface area is 108 Å². The number of aliphatic hydroxyl groups is 1. The maximum Gasteiger partial charge on any atom is 0.208 e. The molecular formula is C14H22N2O2. The highest BCUT2D eigenvalue weighted by atomic mass is 16.4. The van der Waals surface area contributed by atoms with Gasteiger partial charge in [0, 0.05) is 18.6 Å². The van der Waals surface area contributed by atoms with Gasteiger partial charge in [0.15, 0.2) is 0 Å². The van der Waals surface area contributed by atoms with Crippen LogP contribution in [0.15, 0.2) is 10.6 Å². The van der Waals surface area contributed by atoms with Crippen LogP contribution in [0.2, 0.25) is 0 Å². The Morgan fingerprint density at radius 3 is 3.00 bits per heavy atom. The van der Waals surface area contributed by atoms with Crippen molar-refractivity contribution in [1.29, 1.82) is 0 Å². The molecule has 2 unspecified atom stereocenters. The molecule has 2 saturated carbocycles. The molecule has 2 N–H and O–H groups in total. The summed E-state index contributed by atoms with van der Waals surface area (Å²) in [7, 11) is 0. The fourth-order valence-corrected chi connectivity index (χ4v) is 3.00. The molecule has 0 radical (unpaired) electrons. The molecule has 18 heavy (non-hydrogen) atoms. The van der Waals surface area contributed by atoms with Crippen LogP contribution in [-0.4, -0.2) is 22.7 Å². The topological polar surface area (TPSA) is 58.3 Å². The van der Waals surface area contributed by atoms with E-state index in [4.69, 9.17) is 9.52 Å². The van der Waals surface area contributed by atoms with Crippen molar-refractivity contribution < 1.29 is 9.52 Å². The van der Waals surface area contributed by atoms with Crippen LogP contribution in [-0.2, 0) is 6.54 Å². The van der Waals surface area contributed by atoms with Gasteiger partial charge in [-0.05, 0) is 38.0 Å². The zero-order chi connectivity index (χ0) is 12.4. The SMILES string of the molecule is OCCC1CCCC1NCc1ncc(C2CC2)o1. The summed E-state index contributed by atoms with van der Waals surface area (Å²) in [5, 5.41) is 12.6. The molecule has 0 aliphatic heterocycles. The summed E-state index contributed by atoms with van der Waals surface area (Å²) in [5.74, 6) is 3.13. The molecule has 2 fully saturated rings. The molecule has 0 amide bonds. The molecule has 1 aromatic heterocycles. The van der Waals surface area contributed by atoms with E-state index in [1.165, 1.54) is 32.1 Å². The zero-order valence-corrected chi connectivity index (χ0v) is 10.8. The second-order valence-electron chi connectivity index (χ2n) is 5.62. The summed E-state index contributed by atoms with van der Waals surface area (Å²) < 4.78 is 5.74. The molecule has 0 aromatic carbocycles. The monoisotopic (exact) mass is 250 g/mol. The van der Waals surface area contributed by atoms with Gasteiger partial charge in [0.1, 0.15) is 5.76 Å². The summed E-state index contributed by atoms with van der Waals surface area (Å²) in [6, 6.07) is 0.522. The molecule has 1 aromatic rings. The number of rotatable bonds is 6. The quantitative estimate of drug-likeness (QED) is 0.812. The molecular weight excluding hydrogens is 228 g/mol. The van der Waals surface area contributed by atoms with Gasteiger partial charge in [-0.2, -0.15) is 0 Å². The van der Waals surface area contributed by atoms with E-state index in [2.05, 4.69) is 10.3 Å². The van der Waals surface area contributed by atoms with E-state index in [0.717, 1.165) is 24.6 Å². The van der Waals surface area contributed by atoms with E-state index in [1.54, 1.807) is 0 Å². The Morgan fingerprint density at radius 1 is 1.33 bits per heavy atom. The number of nitrogens with zero attached hydrogens (tertiary/aromatic N) is 1. The lowest BCUT2D eigenvalue weighted by atomic mass is 10.0. The minimum absolute atomic E-state index is 0.299. The van der Waals surface area contributed by atoms with E-state index in [0.29, 0.717) is 24.5 Å². The summed E-state index contributed by atoms with van der Waals surface area (Å²) in [6.45, 7) is 1.02. The Morgan fingerprint density at radius 2 is 2.22 bits per heavy atom. The zero-order valence-electron chi connectivity index (χ0n) is 10.8. The van der Waals surface area contributed by atoms with Gasteiger partial charge in [0.2, 0.25) is 5.89 Å². The van der Waals surface area contributed by atoms with Gasteiger partial charge in [0.05, 0.1) is 12.7 Å². The second-order valence-corrected chi connectivity index (χ2v) is 5.62. The molecule has 3 rings (SSSR count). The summed E-state index contributed by atoms with van der Waals surface area (Å²) in [6.07, 6.45) is 9.01. The van der Waals surface area contributed by atoms with Gasteiger partial charge >= 0.3 is 0 Å². The molecule has 2 aliphatic carbocycles. The van der Waals surface area contributed by atoms with Gasteiger partial charge in [-0.3, -0.25) is 0 Å². The van der Waals surface area contributed by atoms with Crippen molar-refractivity contribution in [2.24, 2.45) is 5.92 Å². The average molecular weight is 250 g/mol. The predicted octanol–water partition coefficient (Wildman–Crippen LogP) is 2.19. The van der Waals surface area contributed by atoms with Gasteiger partial charge in [-0.15, -0.1) is 0 Å². The molecule has 0 bridgehead atoms. The van der Waals surface area contributed by atoms with Crippen LogP contribution in [0.25, 0.3) is 0 Å². The first kappa shape index (κ1) is 12.2. The fourth-order valence-electron chi connectivity index (χ4n) is 3.00. The van der Waals surface area contributed by atoms with Crippen molar-refractivity contribution in [3.05, 3.63) is 17.8 Å². The van der Waals surface area contributed by atoms with Crippen LogP contribution >= 0.6 is 0 Å². The first-order valence-corrected chi connectivity index (χ1v) is 7.15. The molecule has 0 saturated heterocycles. The average Bonchev–Trinajstić information content (AvgIpc) is 2.96. The second kappa shape index (κ2) is 5.41. The third-order valence-electron chi connectivity index (χ3n) is 4.23. The lowest BCUT2D eigenvalue weighted by Crippen LogP contribution is -2.32. The van der Waals surface area contributed by atoms with Crippen LogP contribution in [0.1, 0.15) is 56.1 Å². The molecule has 0 spiro atoms. The highest BCUT2D eigenvalue weighted by molar-refractivity contribution is 5.08. The summed E-state index contributed by atoms with van der Waals surface area (Å²) >= 11 is 0. The van der Waals surface area contributed by atoms with Crippen molar-refractivity contribution in [3.63, 3.8) is 0 Å². The fraction of sp³-hybridized carbons (Fsp3) is 0.786. The number of aromatic nitrogens is 1. The van der Waals surface area contributed by atoms with Crippen molar-refractivity contribution in [2.45, 2.75) is 57.0 Å². The lowest BCUT2D eigenvalue weighted by Gasteiger charge is -2.19. The molecule has 4 nitrogen and oxygen atoms in total. The number of hydrogen-bond acceptors (Lipinski definition) is 4.